The highest BCUT2D eigenvalue weighted by molar-refractivity contribution is 6.99. The molecule has 0 unspecified atom stereocenters. The summed E-state index contributed by atoms with van der Waals surface area (Å²) < 4.78 is 29.7. The summed E-state index contributed by atoms with van der Waals surface area (Å²) >= 11 is 0. The van der Waals surface area contributed by atoms with Gasteiger partial charge >= 0.3 is 0 Å². The summed E-state index contributed by atoms with van der Waals surface area (Å²) in [6.07, 6.45) is 2.28. The normalized spacial score (nSPS) is 13.2. The largest absolute Gasteiger partial charge is 0.458 e. The lowest BCUT2D eigenvalue weighted by Crippen LogP contribution is -2.59. The molecule has 15 aromatic carbocycles. The molecule has 0 spiro atoms. The van der Waals surface area contributed by atoms with Crippen LogP contribution in [0.5, 0.6) is 34.5 Å². The fourth-order valence-electron chi connectivity index (χ4n) is 18.2. The molecule has 0 saturated carbocycles. The van der Waals surface area contributed by atoms with Crippen LogP contribution in [0.1, 0.15) is 52.7 Å². The van der Waals surface area contributed by atoms with Gasteiger partial charge in [0.25, 0.3) is 13.4 Å². The Morgan fingerprint density at radius 2 is 0.734 bits per heavy atom. The smallest absolute Gasteiger partial charge is 0.260 e. The first kappa shape index (κ1) is 63.1. The predicted molar refractivity (Wildman–Crippen MR) is 455 cm³/mol. The topological polar surface area (TPSA) is 45.7 Å². The lowest BCUT2D eigenvalue weighted by atomic mass is 9.34. The summed E-state index contributed by atoms with van der Waals surface area (Å²) in [6, 6.07) is 119. The van der Waals surface area contributed by atoms with Crippen LogP contribution in [-0.2, 0) is 10.8 Å². The van der Waals surface area contributed by atoms with Crippen LogP contribution in [0.25, 0.3) is 116 Å². The Hall–Kier alpha value is -13.2. The molecule has 0 bridgehead atoms. The number of nitrogens with zero attached hydrogens (tertiary/aromatic N) is 4. The third kappa shape index (κ3) is 9.85. The van der Waals surface area contributed by atoms with Crippen LogP contribution >= 0.6 is 0 Å². The minimum atomic E-state index is -0.257. The first-order chi connectivity index (χ1) is 53.3. The molecule has 7 heterocycles. The number of hydrogen-bond acceptors (Lipinski definition) is 4. The van der Waals surface area contributed by atoms with E-state index in [2.05, 4.69) is 388 Å². The van der Waals surface area contributed by atoms with Gasteiger partial charge in [0.2, 0.25) is 0 Å². The third-order valence-corrected chi connectivity index (χ3v) is 23.5. The van der Waals surface area contributed by atoms with Crippen molar-refractivity contribution >= 4 is 118 Å². The van der Waals surface area contributed by atoms with Crippen molar-refractivity contribution in [3.63, 3.8) is 0 Å². The van der Waals surface area contributed by atoms with Gasteiger partial charge in [-0.25, -0.2) is 0 Å². The van der Waals surface area contributed by atoms with E-state index in [1.54, 1.807) is 0 Å². The van der Waals surface area contributed by atoms with Crippen molar-refractivity contribution in [2.24, 2.45) is 0 Å². The van der Waals surface area contributed by atoms with E-state index in [1.165, 1.54) is 43.5 Å². The van der Waals surface area contributed by atoms with Crippen molar-refractivity contribution in [3.8, 4) is 96.1 Å². The molecular formula is C100H72B2N4O3. The zero-order valence-electron chi connectivity index (χ0n) is 61.3. The van der Waals surface area contributed by atoms with Gasteiger partial charge in [0.1, 0.15) is 34.5 Å². The third-order valence-electron chi connectivity index (χ3n) is 23.5. The number of ether oxygens (including phenoxy) is 3. The first-order valence-electron chi connectivity index (χ1n) is 38.0. The molecule has 7 nitrogen and oxygen atoms in total. The summed E-state index contributed by atoms with van der Waals surface area (Å²) in [6.45, 7) is 13.4. The maximum atomic E-state index is 7.82. The molecule has 0 aliphatic carbocycles. The Balaban J connectivity index is 0.781. The van der Waals surface area contributed by atoms with Crippen molar-refractivity contribution in [3.05, 3.63) is 339 Å². The number of benzene rings is 15. The van der Waals surface area contributed by atoms with Gasteiger partial charge in [0.05, 0.1) is 27.6 Å². The number of anilines is 3. The second-order valence-electron chi connectivity index (χ2n) is 32.0. The SMILES string of the molecule is CC(C)(C)c1ccc2c(c1)c1cc(C(C)(C)C)ccc1n2-c1ccc2c(c1)Oc1cc(-c3cc4c5c(c3)Oc3ccc(-c6cn(-c7ccccc7)c7ccccc67)cc3B5c3ccccc3O4)cc3c1B2c1ccc(-n2c4ccccc4c4ccccc42)cc1N3c1cc(-c2ccccc2)cc(-c2ccccc2)c1. The fourth-order valence-corrected chi connectivity index (χ4v) is 18.2. The van der Waals surface area contributed by atoms with Crippen LogP contribution in [0.15, 0.2) is 328 Å². The monoisotopic (exact) mass is 1400 g/mol. The maximum absolute atomic E-state index is 7.82. The highest BCUT2D eigenvalue weighted by Gasteiger charge is 2.45. The lowest BCUT2D eigenvalue weighted by molar-refractivity contribution is 0.465. The van der Waals surface area contributed by atoms with E-state index in [4.69, 9.17) is 14.2 Å². The van der Waals surface area contributed by atoms with Gasteiger partial charge in [0.15, 0.2) is 0 Å². The van der Waals surface area contributed by atoms with E-state index in [1.807, 2.05) is 0 Å². The van der Waals surface area contributed by atoms with E-state index in [0.29, 0.717) is 0 Å². The van der Waals surface area contributed by atoms with Gasteiger partial charge in [-0.15, -0.1) is 0 Å². The average molecular weight is 1400 g/mol. The number of fused-ring (bicyclic) bond motifs is 15. The minimum Gasteiger partial charge on any atom is -0.458 e. The van der Waals surface area contributed by atoms with Crippen LogP contribution in [0.2, 0.25) is 0 Å². The second kappa shape index (κ2) is 23.6. The second-order valence-corrected chi connectivity index (χ2v) is 32.0. The molecule has 0 amide bonds. The molecule has 0 saturated heterocycles. The standard InChI is InChI=1S/C100H72B2N4O3/c1-99(2,3)68-39-45-87-77(56-68)78-57-69(100(4,5)6)40-46-88(78)105(87)72-42-44-82-93(59-72)109-94-53-66(67-54-95-98-96(55-67)108-92-47-38-63(51-83(92)102(98)81-33-19-23-37-91(81)107-95)79-60-103(70-28-14-9-15-29-70)84-34-20-16-32-76(79)84)52-90-97(94)101(82)80-43-41-71(104-85-35-21-17-30-74(85)75-31-18-22-36-86(75)104)58-89(80)106(90)73-49-64(61-24-10-7-11-25-61)48-65(50-73)62-26-12-8-13-27-62/h7-60H,1-6H3. The van der Waals surface area contributed by atoms with E-state index < -0.39 is 0 Å². The van der Waals surface area contributed by atoms with Crippen LogP contribution in [0.4, 0.5) is 17.1 Å². The van der Waals surface area contributed by atoms with Crippen LogP contribution in [-0.4, -0.2) is 27.1 Å². The molecule has 0 fully saturated rings. The van der Waals surface area contributed by atoms with E-state index in [-0.39, 0.29) is 24.3 Å². The van der Waals surface area contributed by atoms with Crippen molar-refractivity contribution in [1.29, 1.82) is 0 Å². The molecular weight excluding hydrogens is 1330 g/mol. The van der Waals surface area contributed by atoms with Crippen molar-refractivity contribution in [2.45, 2.75) is 52.4 Å². The lowest BCUT2D eigenvalue weighted by Gasteiger charge is -2.41. The van der Waals surface area contributed by atoms with E-state index >= 15 is 0 Å². The Morgan fingerprint density at radius 1 is 0.257 bits per heavy atom. The summed E-state index contributed by atoms with van der Waals surface area (Å²) in [7, 11) is 0. The van der Waals surface area contributed by atoms with Gasteiger partial charge in [-0.1, -0.05) is 230 Å². The molecule has 9 heteroatoms. The van der Waals surface area contributed by atoms with Crippen LogP contribution < -0.4 is 51.9 Å². The molecule has 4 aliphatic rings. The molecule has 0 radical (unpaired) electrons. The Bertz CT molecular complexity index is 6680. The molecule has 0 atom stereocenters. The molecule has 4 aliphatic heterocycles. The Morgan fingerprint density at radius 3 is 1.36 bits per heavy atom. The summed E-state index contributed by atoms with van der Waals surface area (Å²) in [5.41, 5.74) is 29.7. The van der Waals surface area contributed by atoms with Gasteiger partial charge < -0.3 is 32.8 Å². The fraction of sp³-hybridized carbons (Fsp3) is 0.0800. The summed E-state index contributed by atoms with van der Waals surface area (Å²) in [5.74, 6) is 4.73. The highest BCUT2D eigenvalue weighted by Crippen LogP contribution is 2.50. The van der Waals surface area contributed by atoms with E-state index in [0.717, 1.165) is 168 Å². The average Bonchev–Trinajstić information content (AvgIpc) is 1.68. The van der Waals surface area contributed by atoms with E-state index in [9.17, 15) is 0 Å². The molecule has 18 aromatic rings. The van der Waals surface area contributed by atoms with Crippen molar-refractivity contribution < 1.29 is 14.2 Å². The number of para-hydroxylation sites is 5. The first-order valence-corrected chi connectivity index (χ1v) is 38.0. The van der Waals surface area contributed by atoms with Gasteiger partial charge in [-0.2, -0.15) is 0 Å². The maximum Gasteiger partial charge on any atom is 0.260 e. The molecule has 22 rings (SSSR count). The Labute approximate surface area is 633 Å². The minimum absolute atomic E-state index is 0.0473. The number of hydrogen-bond donors (Lipinski definition) is 0. The zero-order valence-corrected chi connectivity index (χ0v) is 61.3. The van der Waals surface area contributed by atoms with Crippen molar-refractivity contribution in [2.75, 3.05) is 4.90 Å². The van der Waals surface area contributed by atoms with Gasteiger partial charge in [-0.3, -0.25) is 0 Å². The van der Waals surface area contributed by atoms with Crippen LogP contribution in [0.3, 0.4) is 0 Å². The molecule has 3 aromatic heterocycles. The number of rotatable bonds is 8. The molecule has 0 N–H and O–H groups in total. The predicted octanol–water partition coefficient (Wildman–Crippen LogP) is 22.2. The summed E-state index contributed by atoms with van der Waals surface area (Å²) in [5, 5.41) is 6.08. The quantitative estimate of drug-likeness (QED) is 0.142. The van der Waals surface area contributed by atoms with Gasteiger partial charge in [0, 0.05) is 84.3 Å². The van der Waals surface area contributed by atoms with Gasteiger partial charge in [-0.05, 0) is 216 Å². The summed E-state index contributed by atoms with van der Waals surface area (Å²) in [4.78, 5) is 2.54. The Kier molecular flexibility index (Phi) is 13.7. The highest BCUT2D eigenvalue weighted by atomic mass is 16.5. The molecule has 516 valence electrons. The zero-order chi connectivity index (χ0) is 72.7. The number of aromatic nitrogens is 3. The van der Waals surface area contributed by atoms with Crippen LogP contribution in [0, 0.1) is 0 Å². The molecule has 109 heavy (non-hydrogen) atoms. The van der Waals surface area contributed by atoms with Crippen molar-refractivity contribution in [1.82, 2.24) is 13.7 Å².